The van der Waals surface area contributed by atoms with E-state index < -0.39 is 0 Å². The van der Waals surface area contributed by atoms with E-state index in [0.717, 1.165) is 24.8 Å². The Balaban J connectivity index is 1.80. The second-order valence-electron chi connectivity index (χ2n) is 4.17. The zero-order valence-corrected chi connectivity index (χ0v) is 9.28. The number of rotatable bonds is 6. The molecule has 0 aromatic heterocycles. The molecule has 0 radical (unpaired) electrons. The number of benzene rings is 1. The molecule has 1 N–H and O–H groups in total. The molecule has 0 unspecified atom stereocenters. The maximum absolute atomic E-state index is 8.42. The highest BCUT2D eigenvalue weighted by atomic mass is 16.5. The fourth-order valence-corrected chi connectivity index (χ4v) is 1.60. The van der Waals surface area contributed by atoms with Crippen LogP contribution in [0.5, 0.6) is 5.75 Å². The van der Waals surface area contributed by atoms with Crippen molar-refractivity contribution in [1.29, 1.82) is 5.26 Å². The van der Waals surface area contributed by atoms with Crippen molar-refractivity contribution < 1.29 is 4.74 Å². The summed E-state index contributed by atoms with van der Waals surface area (Å²) >= 11 is 0. The van der Waals surface area contributed by atoms with Gasteiger partial charge in [-0.05, 0) is 43.0 Å². The van der Waals surface area contributed by atoms with Crippen LogP contribution in [0, 0.1) is 17.2 Å². The first-order chi connectivity index (χ1) is 7.88. The summed E-state index contributed by atoms with van der Waals surface area (Å²) in [6, 6.07) is 9.85. The van der Waals surface area contributed by atoms with E-state index in [1.165, 1.54) is 18.4 Å². The molecule has 1 aromatic rings. The van der Waals surface area contributed by atoms with Crippen LogP contribution in [-0.4, -0.2) is 13.2 Å². The third kappa shape index (κ3) is 3.56. The normalized spacial score (nSPS) is 14.4. The Hall–Kier alpha value is -1.53. The van der Waals surface area contributed by atoms with Gasteiger partial charge >= 0.3 is 0 Å². The molecule has 1 aliphatic rings. The molecule has 1 saturated carbocycles. The van der Waals surface area contributed by atoms with Crippen molar-refractivity contribution in [2.45, 2.75) is 19.4 Å². The Bertz CT molecular complexity index is 380. The fraction of sp³-hybridized carbons (Fsp3) is 0.462. The fourth-order valence-electron chi connectivity index (χ4n) is 1.60. The molecule has 1 aliphatic carbocycles. The monoisotopic (exact) mass is 216 g/mol. The van der Waals surface area contributed by atoms with E-state index >= 15 is 0 Å². The number of hydrogen-bond acceptors (Lipinski definition) is 3. The molecule has 1 aromatic carbocycles. The second-order valence-corrected chi connectivity index (χ2v) is 4.17. The number of nitriles is 1. The first kappa shape index (κ1) is 11.0. The van der Waals surface area contributed by atoms with E-state index in [1.54, 1.807) is 0 Å². The Morgan fingerprint density at radius 1 is 1.44 bits per heavy atom. The van der Waals surface area contributed by atoms with E-state index in [4.69, 9.17) is 10.00 Å². The molecule has 0 heterocycles. The number of hydrogen-bond donors (Lipinski definition) is 1. The third-order valence-electron chi connectivity index (χ3n) is 2.66. The van der Waals surface area contributed by atoms with E-state index in [0.29, 0.717) is 0 Å². The smallest absolute Gasteiger partial charge is 0.174 e. The predicted octanol–water partition coefficient (Wildman–Crippen LogP) is 2.09. The minimum absolute atomic E-state index is 0.110. The summed E-state index contributed by atoms with van der Waals surface area (Å²) < 4.78 is 5.25. The largest absolute Gasteiger partial charge is 0.479 e. The van der Waals surface area contributed by atoms with Crippen molar-refractivity contribution in [2.75, 3.05) is 13.2 Å². The first-order valence-corrected chi connectivity index (χ1v) is 5.68. The Labute approximate surface area is 96.0 Å². The minimum atomic E-state index is 0.110. The summed E-state index contributed by atoms with van der Waals surface area (Å²) in [6.07, 6.45) is 2.75. The van der Waals surface area contributed by atoms with Gasteiger partial charge in [-0.25, -0.2) is 0 Å². The molecule has 16 heavy (non-hydrogen) atoms. The number of nitrogens with one attached hydrogen (secondary N) is 1. The van der Waals surface area contributed by atoms with Gasteiger partial charge in [-0.3, -0.25) is 0 Å². The molecule has 0 saturated heterocycles. The summed E-state index contributed by atoms with van der Waals surface area (Å²) in [5.74, 6) is 1.67. The van der Waals surface area contributed by atoms with Gasteiger partial charge in [0.05, 0.1) is 0 Å². The molecule has 0 aliphatic heterocycles. The molecule has 0 atom stereocenters. The summed E-state index contributed by atoms with van der Waals surface area (Å²) in [7, 11) is 0. The summed E-state index contributed by atoms with van der Waals surface area (Å²) in [4.78, 5) is 0. The number of ether oxygens (including phenoxy) is 1. The molecule has 0 amide bonds. The lowest BCUT2D eigenvalue weighted by Gasteiger charge is -2.06. The molecule has 1 fully saturated rings. The highest BCUT2D eigenvalue weighted by Gasteiger charge is 2.19. The molecular weight excluding hydrogens is 200 g/mol. The van der Waals surface area contributed by atoms with Gasteiger partial charge < -0.3 is 10.1 Å². The molecule has 3 heteroatoms. The third-order valence-corrected chi connectivity index (χ3v) is 2.66. The van der Waals surface area contributed by atoms with Gasteiger partial charge in [-0.15, -0.1) is 0 Å². The molecule has 3 nitrogen and oxygen atoms in total. The first-order valence-electron chi connectivity index (χ1n) is 5.68. The molecule has 84 valence electrons. The van der Waals surface area contributed by atoms with Gasteiger partial charge in [0.15, 0.2) is 6.61 Å². The van der Waals surface area contributed by atoms with Crippen molar-refractivity contribution in [2.24, 2.45) is 5.92 Å². The standard InChI is InChI=1S/C13H16N2O/c14-6-7-16-13-3-1-2-12(8-13)10-15-9-11-4-5-11/h1-3,8,11,15H,4-5,7,9-10H2. The Morgan fingerprint density at radius 3 is 3.06 bits per heavy atom. The summed E-state index contributed by atoms with van der Waals surface area (Å²) in [5.41, 5.74) is 1.20. The maximum atomic E-state index is 8.42. The summed E-state index contributed by atoms with van der Waals surface area (Å²) in [6.45, 7) is 2.10. The van der Waals surface area contributed by atoms with Crippen molar-refractivity contribution in [3.63, 3.8) is 0 Å². The minimum Gasteiger partial charge on any atom is -0.479 e. The van der Waals surface area contributed by atoms with Gasteiger partial charge in [0.2, 0.25) is 0 Å². The van der Waals surface area contributed by atoms with Crippen molar-refractivity contribution in [3.8, 4) is 11.8 Å². The molecular formula is C13H16N2O. The topological polar surface area (TPSA) is 45.0 Å². The highest BCUT2D eigenvalue weighted by molar-refractivity contribution is 5.28. The average Bonchev–Trinajstić information content (AvgIpc) is 3.11. The SMILES string of the molecule is N#CCOc1cccc(CNCC2CC2)c1. The lowest BCUT2D eigenvalue weighted by molar-refractivity contribution is 0.367. The summed E-state index contributed by atoms with van der Waals surface area (Å²) in [5, 5.41) is 11.8. The van der Waals surface area contributed by atoms with Crippen LogP contribution in [0.3, 0.4) is 0 Å². The zero-order chi connectivity index (χ0) is 11.2. The highest BCUT2D eigenvalue weighted by Crippen LogP contribution is 2.27. The quantitative estimate of drug-likeness (QED) is 0.792. The van der Waals surface area contributed by atoms with Crippen LogP contribution in [0.4, 0.5) is 0 Å². The number of nitrogens with zero attached hydrogens (tertiary/aromatic N) is 1. The molecule has 0 bridgehead atoms. The molecule has 2 rings (SSSR count). The van der Waals surface area contributed by atoms with Crippen LogP contribution >= 0.6 is 0 Å². The lowest BCUT2D eigenvalue weighted by Crippen LogP contribution is -2.16. The van der Waals surface area contributed by atoms with Gasteiger partial charge in [0.1, 0.15) is 11.8 Å². The maximum Gasteiger partial charge on any atom is 0.174 e. The van der Waals surface area contributed by atoms with E-state index in [1.807, 2.05) is 24.3 Å². The van der Waals surface area contributed by atoms with E-state index in [2.05, 4.69) is 11.4 Å². The van der Waals surface area contributed by atoms with Crippen molar-refractivity contribution >= 4 is 0 Å². The van der Waals surface area contributed by atoms with E-state index in [-0.39, 0.29) is 6.61 Å². The predicted molar refractivity (Wildman–Crippen MR) is 62.0 cm³/mol. The van der Waals surface area contributed by atoms with Gasteiger partial charge in [-0.2, -0.15) is 5.26 Å². The molecule has 0 spiro atoms. The van der Waals surface area contributed by atoms with Crippen molar-refractivity contribution in [1.82, 2.24) is 5.32 Å². The lowest BCUT2D eigenvalue weighted by atomic mass is 10.2. The zero-order valence-electron chi connectivity index (χ0n) is 9.28. The van der Waals surface area contributed by atoms with Crippen LogP contribution in [0.25, 0.3) is 0 Å². The van der Waals surface area contributed by atoms with E-state index in [9.17, 15) is 0 Å². The van der Waals surface area contributed by atoms with Crippen LogP contribution in [0.15, 0.2) is 24.3 Å². The van der Waals surface area contributed by atoms with Gasteiger partial charge in [0, 0.05) is 6.54 Å². The van der Waals surface area contributed by atoms with Crippen molar-refractivity contribution in [3.05, 3.63) is 29.8 Å². The second kappa shape index (κ2) is 5.53. The van der Waals surface area contributed by atoms with Crippen LogP contribution in [0.2, 0.25) is 0 Å². The van der Waals surface area contributed by atoms with Crippen LogP contribution < -0.4 is 10.1 Å². The van der Waals surface area contributed by atoms with Gasteiger partial charge in [0.25, 0.3) is 0 Å². The van der Waals surface area contributed by atoms with Gasteiger partial charge in [-0.1, -0.05) is 12.1 Å². The Kier molecular flexibility index (Phi) is 3.79. The Morgan fingerprint density at radius 2 is 2.31 bits per heavy atom. The van der Waals surface area contributed by atoms with Crippen LogP contribution in [0.1, 0.15) is 18.4 Å². The van der Waals surface area contributed by atoms with Crippen LogP contribution in [-0.2, 0) is 6.54 Å². The average molecular weight is 216 g/mol.